The van der Waals surface area contributed by atoms with Gasteiger partial charge in [-0.2, -0.15) is 0 Å². The van der Waals surface area contributed by atoms with Crippen molar-refractivity contribution in [1.82, 2.24) is 10.2 Å². The Bertz CT molecular complexity index is 1100. The minimum absolute atomic E-state index is 0.316. The van der Waals surface area contributed by atoms with E-state index in [4.69, 9.17) is 4.74 Å². The quantitative estimate of drug-likeness (QED) is 0.399. The molecule has 1 atom stereocenters. The molecule has 0 saturated heterocycles. The van der Waals surface area contributed by atoms with Crippen LogP contribution < -0.4 is 14.4 Å². The largest absolute Gasteiger partial charge is 0.457 e. The minimum Gasteiger partial charge on any atom is -0.457 e. The summed E-state index contributed by atoms with van der Waals surface area (Å²) in [7, 11) is -3.73. The summed E-state index contributed by atoms with van der Waals surface area (Å²) >= 11 is 2.63. The van der Waals surface area contributed by atoms with E-state index in [-0.39, 0.29) is 0 Å². The van der Waals surface area contributed by atoms with E-state index in [1.54, 1.807) is 24.3 Å². The van der Waals surface area contributed by atoms with E-state index in [0.717, 1.165) is 10.6 Å². The Kier molecular flexibility index (Phi) is 6.95. The molecule has 11 heteroatoms. The van der Waals surface area contributed by atoms with Crippen LogP contribution in [0, 0.1) is 0 Å². The molecule has 1 aromatic heterocycles. The second-order valence-electron chi connectivity index (χ2n) is 6.21. The monoisotopic (exact) mass is 464 g/mol. The average molecular weight is 465 g/mol. The summed E-state index contributed by atoms with van der Waals surface area (Å²) in [4.78, 5) is 12.7. The zero-order chi connectivity index (χ0) is 21.7. The number of hydrogen-bond acceptors (Lipinski definition) is 8. The van der Waals surface area contributed by atoms with E-state index in [1.165, 1.54) is 30.0 Å². The predicted octanol–water partition coefficient (Wildman–Crippen LogP) is 3.85. The maximum Gasteiger partial charge on any atom is 0.249 e. The minimum atomic E-state index is -3.73. The van der Waals surface area contributed by atoms with Crippen LogP contribution in [0.15, 0.2) is 58.9 Å². The first kappa shape index (κ1) is 22.1. The smallest absolute Gasteiger partial charge is 0.249 e. The van der Waals surface area contributed by atoms with Crippen molar-refractivity contribution in [2.45, 2.75) is 17.3 Å². The number of thioether (sulfide) groups is 1. The second kappa shape index (κ2) is 9.45. The van der Waals surface area contributed by atoms with Crippen LogP contribution in [0.5, 0.6) is 11.5 Å². The number of amides is 1. The fourth-order valence-electron chi connectivity index (χ4n) is 2.65. The van der Waals surface area contributed by atoms with Gasteiger partial charge in [-0.15, -0.1) is 10.2 Å². The third-order valence-electron chi connectivity index (χ3n) is 3.97. The molecular weight excluding hydrogens is 444 g/mol. The Balaban J connectivity index is 1.78. The predicted molar refractivity (Wildman–Crippen MR) is 120 cm³/mol. The zero-order valence-electron chi connectivity index (χ0n) is 16.5. The molecule has 2 aromatic carbocycles. The van der Waals surface area contributed by atoms with Crippen LogP contribution in [-0.2, 0) is 14.8 Å². The third kappa shape index (κ3) is 5.49. The van der Waals surface area contributed by atoms with Crippen LogP contribution in [0.25, 0.3) is 0 Å². The first-order chi connectivity index (χ1) is 14.3. The lowest BCUT2D eigenvalue weighted by Gasteiger charge is -2.28. The summed E-state index contributed by atoms with van der Waals surface area (Å²) < 4.78 is 32.4. The maximum atomic E-state index is 12.7. The van der Waals surface area contributed by atoms with Gasteiger partial charge in [-0.1, -0.05) is 41.3 Å². The fraction of sp³-hybridized carbons (Fsp3) is 0.211. The summed E-state index contributed by atoms with van der Waals surface area (Å²) in [6, 6.07) is 14.7. The third-order valence-corrected chi connectivity index (χ3v) is 7.03. The number of nitrogens with zero attached hydrogens (tertiary/aromatic N) is 3. The number of ether oxygens (including phenoxy) is 1. The number of sulfonamides is 1. The Hall–Kier alpha value is -2.63. The van der Waals surface area contributed by atoms with Gasteiger partial charge in [0.15, 0.2) is 4.34 Å². The second-order valence-corrected chi connectivity index (χ2v) is 10.1. The highest BCUT2D eigenvalue weighted by atomic mass is 32.2. The Morgan fingerprint density at radius 3 is 2.30 bits per heavy atom. The lowest BCUT2D eigenvalue weighted by Crippen LogP contribution is -2.45. The van der Waals surface area contributed by atoms with Crippen molar-refractivity contribution in [2.75, 3.05) is 22.1 Å². The molecule has 0 aliphatic rings. The van der Waals surface area contributed by atoms with Crippen molar-refractivity contribution in [1.29, 1.82) is 0 Å². The van der Waals surface area contributed by atoms with Crippen LogP contribution in [0.2, 0.25) is 0 Å². The number of carbonyl (C=O) groups excluding carboxylic acids is 1. The van der Waals surface area contributed by atoms with Gasteiger partial charge in [-0.3, -0.25) is 14.4 Å². The highest BCUT2D eigenvalue weighted by molar-refractivity contribution is 8.00. The molecule has 0 fully saturated rings. The van der Waals surface area contributed by atoms with Gasteiger partial charge in [0.1, 0.15) is 17.5 Å². The molecule has 1 amide bonds. The SMILES string of the molecule is CSc1nnc(NC(=O)[C@@H](C)N(c2ccc(Oc3ccccc3)cc2)S(C)(=O)=O)s1. The lowest BCUT2D eigenvalue weighted by molar-refractivity contribution is -0.116. The van der Waals surface area contributed by atoms with Crippen molar-refractivity contribution in [3.05, 3.63) is 54.6 Å². The van der Waals surface area contributed by atoms with Gasteiger partial charge in [-0.25, -0.2) is 8.42 Å². The number of anilines is 2. The van der Waals surface area contributed by atoms with E-state index < -0.39 is 22.0 Å². The van der Waals surface area contributed by atoms with Gasteiger partial charge >= 0.3 is 0 Å². The maximum absolute atomic E-state index is 12.7. The Morgan fingerprint density at radius 2 is 1.73 bits per heavy atom. The number of para-hydroxylation sites is 1. The summed E-state index contributed by atoms with van der Waals surface area (Å²) in [5.41, 5.74) is 0.350. The molecule has 1 heterocycles. The van der Waals surface area contributed by atoms with Crippen LogP contribution >= 0.6 is 23.1 Å². The van der Waals surface area contributed by atoms with Gasteiger partial charge in [0, 0.05) is 0 Å². The molecule has 0 saturated carbocycles. The van der Waals surface area contributed by atoms with Crippen LogP contribution in [0.1, 0.15) is 6.92 Å². The average Bonchev–Trinajstić information content (AvgIpc) is 3.16. The summed E-state index contributed by atoms with van der Waals surface area (Å²) in [5.74, 6) is 0.711. The van der Waals surface area contributed by atoms with Crippen LogP contribution in [0.3, 0.4) is 0 Å². The molecule has 0 unspecified atom stereocenters. The number of rotatable bonds is 8. The molecule has 0 aliphatic heterocycles. The molecule has 1 N–H and O–H groups in total. The van der Waals surface area contributed by atoms with Crippen molar-refractivity contribution < 1.29 is 17.9 Å². The number of benzene rings is 2. The number of carbonyl (C=O) groups is 1. The van der Waals surface area contributed by atoms with E-state index in [2.05, 4.69) is 15.5 Å². The molecule has 30 heavy (non-hydrogen) atoms. The van der Waals surface area contributed by atoms with Gasteiger partial charge < -0.3 is 4.74 Å². The Morgan fingerprint density at radius 1 is 1.10 bits per heavy atom. The van der Waals surface area contributed by atoms with E-state index >= 15 is 0 Å². The van der Waals surface area contributed by atoms with Crippen molar-refractivity contribution >= 4 is 49.8 Å². The normalized spacial score (nSPS) is 12.2. The first-order valence-electron chi connectivity index (χ1n) is 8.78. The van der Waals surface area contributed by atoms with Gasteiger partial charge in [0.05, 0.1) is 11.9 Å². The topological polar surface area (TPSA) is 101 Å². The van der Waals surface area contributed by atoms with Crippen LogP contribution in [0.4, 0.5) is 10.8 Å². The molecule has 0 spiro atoms. The van der Waals surface area contributed by atoms with Crippen molar-refractivity contribution in [2.24, 2.45) is 0 Å². The van der Waals surface area contributed by atoms with Crippen molar-refractivity contribution in [3.63, 3.8) is 0 Å². The number of hydrogen-bond donors (Lipinski definition) is 1. The molecule has 8 nitrogen and oxygen atoms in total. The first-order valence-corrected chi connectivity index (χ1v) is 12.7. The molecule has 0 aliphatic carbocycles. The summed E-state index contributed by atoms with van der Waals surface area (Å²) in [5, 5.41) is 10.7. The van der Waals surface area contributed by atoms with E-state index in [9.17, 15) is 13.2 Å². The highest BCUT2D eigenvalue weighted by Crippen LogP contribution is 2.28. The van der Waals surface area contributed by atoms with Crippen LogP contribution in [-0.4, -0.2) is 43.1 Å². The van der Waals surface area contributed by atoms with E-state index in [1.807, 2.05) is 36.6 Å². The van der Waals surface area contributed by atoms with Gasteiger partial charge in [0.25, 0.3) is 0 Å². The summed E-state index contributed by atoms with van der Waals surface area (Å²) in [6.45, 7) is 1.52. The van der Waals surface area contributed by atoms with E-state index in [0.29, 0.717) is 26.7 Å². The molecule has 0 bridgehead atoms. The Labute approximate surface area is 183 Å². The number of aromatic nitrogens is 2. The standard InChI is InChI=1S/C19H20N4O4S3/c1-13(17(24)20-18-21-22-19(28-2)29-18)23(30(3,25)26)14-9-11-16(12-10-14)27-15-7-5-4-6-8-15/h4-13H,1-3H3,(H,20,21,24)/t13-/m1/s1. The molecular formula is C19H20N4O4S3. The molecule has 0 radical (unpaired) electrons. The zero-order valence-corrected chi connectivity index (χ0v) is 18.9. The highest BCUT2D eigenvalue weighted by Gasteiger charge is 2.29. The lowest BCUT2D eigenvalue weighted by atomic mass is 10.2. The fourth-order valence-corrected chi connectivity index (χ4v) is 4.99. The molecule has 158 valence electrons. The molecule has 3 rings (SSSR count). The molecule has 3 aromatic rings. The van der Waals surface area contributed by atoms with Gasteiger partial charge in [0.2, 0.25) is 21.1 Å². The number of nitrogens with one attached hydrogen (secondary N) is 1. The van der Waals surface area contributed by atoms with Gasteiger partial charge in [-0.05, 0) is 49.6 Å². The van der Waals surface area contributed by atoms with Crippen molar-refractivity contribution in [3.8, 4) is 11.5 Å². The summed E-state index contributed by atoms with van der Waals surface area (Å²) in [6.07, 6.45) is 2.91.